The van der Waals surface area contributed by atoms with Gasteiger partial charge >= 0.3 is 5.97 Å². The Morgan fingerprint density at radius 2 is 2.00 bits per heavy atom. The van der Waals surface area contributed by atoms with Gasteiger partial charge in [0, 0.05) is 10.3 Å². The quantitative estimate of drug-likeness (QED) is 0.894. The molecule has 0 radical (unpaired) electrons. The van der Waals surface area contributed by atoms with Gasteiger partial charge in [-0.3, -0.25) is 0 Å². The van der Waals surface area contributed by atoms with Crippen LogP contribution in [0.4, 0.5) is 0 Å². The summed E-state index contributed by atoms with van der Waals surface area (Å²) < 4.78 is 0. The molecule has 0 aromatic carbocycles. The number of rotatable bonds is 2. The van der Waals surface area contributed by atoms with E-state index >= 15 is 0 Å². The smallest absolute Gasteiger partial charge is 0.355 e. The van der Waals surface area contributed by atoms with Crippen LogP contribution in [0.1, 0.15) is 66.6 Å². The number of nitrogens with zero attached hydrogens (tertiary/aromatic N) is 2. The average molecular weight is 304 g/mol. The van der Waals surface area contributed by atoms with Crippen LogP contribution in [0.2, 0.25) is 0 Å². The molecule has 0 aliphatic heterocycles. The fourth-order valence-electron chi connectivity index (χ4n) is 3.09. The summed E-state index contributed by atoms with van der Waals surface area (Å²) in [5.41, 5.74) is 0.576. The summed E-state index contributed by atoms with van der Waals surface area (Å²) in [6.07, 6.45) is 4.80. The zero-order chi connectivity index (χ0) is 15.2. The SMILES string of the molecule is Cc1nc(C(=O)O)c2cc(C3CCC(C)(C)CC3)sc2n1. The topological polar surface area (TPSA) is 63.1 Å². The van der Waals surface area contributed by atoms with E-state index in [0.29, 0.717) is 22.5 Å². The van der Waals surface area contributed by atoms with Crippen molar-refractivity contribution in [3.05, 3.63) is 22.5 Å². The predicted octanol–water partition coefficient (Wildman–Crippen LogP) is 4.38. The Morgan fingerprint density at radius 1 is 1.33 bits per heavy atom. The number of carboxylic acid groups (broad SMARTS) is 1. The Labute approximate surface area is 128 Å². The van der Waals surface area contributed by atoms with Crippen molar-refractivity contribution in [3.8, 4) is 0 Å². The highest BCUT2D eigenvalue weighted by Gasteiger charge is 2.29. The molecular formula is C16H20N2O2S. The molecule has 0 spiro atoms. The van der Waals surface area contributed by atoms with Crippen molar-refractivity contribution in [1.82, 2.24) is 9.97 Å². The third-order valence-corrected chi connectivity index (χ3v) is 5.66. The number of fused-ring (bicyclic) bond motifs is 1. The van der Waals surface area contributed by atoms with E-state index in [1.165, 1.54) is 30.6 Å². The van der Waals surface area contributed by atoms with Gasteiger partial charge < -0.3 is 5.11 Å². The van der Waals surface area contributed by atoms with Crippen molar-refractivity contribution < 1.29 is 9.90 Å². The highest BCUT2D eigenvalue weighted by molar-refractivity contribution is 7.18. The lowest BCUT2D eigenvalue weighted by Crippen LogP contribution is -2.19. The third kappa shape index (κ3) is 2.79. The molecule has 1 fully saturated rings. The van der Waals surface area contributed by atoms with Crippen LogP contribution in [-0.2, 0) is 0 Å². The molecule has 2 heterocycles. The molecule has 5 heteroatoms. The maximum Gasteiger partial charge on any atom is 0.355 e. The van der Waals surface area contributed by atoms with E-state index in [1.807, 2.05) is 6.07 Å². The molecule has 0 unspecified atom stereocenters. The minimum Gasteiger partial charge on any atom is -0.476 e. The van der Waals surface area contributed by atoms with Gasteiger partial charge in [0.2, 0.25) is 0 Å². The minimum atomic E-state index is -0.973. The van der Waals surface area contributed by atoms with Crippen LogP contribution in [0.25, 0.3) is 10.2 Å². The maximum absolute atomic E-state index is 11.4. The van der Waals surface area contributed by atoms with Crippen LogP contribution in [0, 0.1) is 12.3 Å². The van der Waals surface area contributed by atoms with Crippen LogP contribution in [-0.4, -0.2) is 21.0 Å². The lowest BCUT2D eigenvalue weighted by molar-refractivity contribution is 0.0692. The monoisotopic (exact) mass is 304 g/mol. The predicted molar refractivity (Wildman–Crippen MR) is 84.1 cm³/mol. The van der Waals surface area contributed by atoms with Crippen LogP contribution in [0.5, 0.6) is 0 Å². The number of aromatic nitrogens is 2. The molecule has 1 aliphatic carbocycles. The van der Waals surface area contributed by atoms with E-state index in [-0.39, 0.29) is 5.69 Å². The number of carboxylic acids is 1. The van der Waals surface area contributed by atoms with Crippen LogP contribution >= 0.6 is 11.3 Å². The zero-order valence-electron chi connectivity index (χ0n) is 12.6. The molecule has 0 atom stereocenters. The Morgan fingerprint density at radius 3 is 2.62 bits per heavy atom. The molecule has 4 nitrogen and oxygen atoms in total. The normalized spacial score (nSPS) is 19.0. The fourth-order valence-corrected chi connectivity index (χ4v) is 4.34. The molecule has 2 aromatic heterocycles. The van der Waals surface area contributed by atoms with Gasteiger partial charge in [-0.2, -0.15) is 0 Å². The molecule has 2 aromatic rings. The molecule has 0 bridgehead atoms. The second-order valence-electron chi connectivity index (χ2n) is 6.73. The highest BCUT2D eigenvalue weighted by atomic mass is 32.1. The Balaban J connectivity index is 1.98. The standard InChI is InChI=1S/C16H20N2O2S/c1-9-17-13(15(19)20)11-8-12(21-14(11)18-9)10-4-6-16(2,3)7-5-10/h8,10H,4-7H2,1-3H3,(H,19,20). The van der Waals surface area contributed by atoms with Crippen LogP contribution < -0.4 is 0 Å². The number of aryl methyl sites for hydroxylation is 1. The molecular weight excluding hydrogens is 284 g/mol. The molecule has 21 heavy (non-hydrogen) atoms. The van der Waals surface area contributed by atoms with E-state index in [9.17, 15) is 9.90 Å². The minimum absolute atomic E-state index is 0.135. The first kappa shape index (κ1) is 14.4. The number of carbonyl (C=O) groups is 1. The van der Waals surface area contributed by atoms with E-state index in [2.05, 4.69) is 23.8 Å². The van der Waals surface area contributed by atoms with Crippen molar-refractivity contribution in [1.29, 1.82) is 0 Å². The van der Waals surface area contributed by atoms with E-state index in [0.717, 1.165) is 4.83 Å². The zero-order valence-corrected chi connectivity index (χ0v) is 13.5. The van der Waals surface area contributed by atoms with Gasteiger partial charge in [-0.1, -0.05) is 13.8 Å². The number of hydrogen-bond donors (Lipinski definition) is 1. The van der Waals surface area contributed by atoms with Crippen LogP contribution in [0.3, 0.4) is 0 Å². The summed E-state index contributed by atoms with van der Waals surface area (Å²) in [5, 5.41) is 10.0. The summed E-state index contributed by atoms with van der Waals surface area (Å²) in [6, 6.07) is 2.01. The van der Waals surface area contributed by atoms with E-state index in [1.54, 1.807) is 18.3 Å². The van der Waals surface area contributed by atoms with E-state index in [4.69, 9.17) is 0 Å². The molecule has 112 valence electrons. The summed E-state index contributed by atoms with van der Waals surface area (Å²) >= 11 is 1.64. The molecule has 0 amide bonds. The lowest BCUT2D eigenvalue weighted by atomic mass is 9.73. The number of thiophene rings is 1. The van der Waals surface area contributed by atoms with Crippen LogP contribution in [0.15, 0.2) is 6.07 Å². The molecule has 1 N–H and O–H groups in total. The maximum atomic E-state index is 11.4. The van der Waals surface area contributed by atoms with Gasteiger partial charge in [0.1, 0.15) is 10.7 Å². The molecule has 1 saturated carbocycles. The first-order chi connectivity index (χ1) is 9.85. The largest absolute Gasteiger partial charge is 0.476 e. The van der Waals surface area contributed by atoms with Crippen molar-refractivity contribution in [2.75, 3.05) is 0 Å². The van der Waals surface area contributed by atoms with Crippen molar-refractivity contribution in [3.63, 3.8) is 0 Å². The first-order valence-electron chi connectivity index (χ1n) is 7.37. The molecule has 0 saturated heterocycles. The van der Waals surface area contributed by atoms with Crippen molar-refractivity contribution in [2.24, 2.45) is 5.41 Å². The van der Waals surface area contributed by atoms with Gasteiger partial charge in [-0.05, 0) is 50.0 Å². The molecule has 1 aliphatic rings. The van der Waals surface area contributed by atoms with Gasteiger partial charge in [0.25, 0.3) is 0 Å². The number of hydrogen-bond acceptors (Lipinski definition) is 4. The highest BCUT2D eigenvalue weighted by Crippen LogP contribution is 2.45. The second-order valence-corrected chi connectivity index (χ2v) is 7.79. The first-order valence-corrected chi connectivity index (χ1v) is 8.19. The Kier molecular flexibility index (Phi) is 3.48. The van der Waals surface area contributed by atoms with Crippen molar-refractivity contribution >= 4 is 27.5 Å². The summed E-state index contributed by atoms with van der Waals surface area (Å²) in [4.78, 5) is 21.9. The summed E-state index contributed by atoms with van der Waals surface area (Å²) in [7, 11) is 0. The summed E-state index contributed by atoms with van der Waals surface area (Å²) in [5.74, 6) is 0.0943. The van der Waals surface area contributed by atoms with E-state index < -0.39 is 5.97 Å². The fraction of sp³-hybridized carbons (Fsp3) is 0.562. The second kappa shape index (κ2) is 5.05. The van der Waals surface area contributed by atoms with Gasteiger partial charge in [-0.25, -0.2) is 14.8 Å². The van der Waals surface area contributed by atoms with Crippen molar-refractivity contribution in [2.45, 2.75) is 52.4 Å². The molecule has 3 rings (SSSR count). The van der Waals surface area contributed by atoms with Gasteiger partial charge in [0.15, 0.2) is 5.69 Å². The Hall–Kier alpha value is -1.49. The third-order valence-electron chi connectivity index (χ3n) is 4.47. The number of aromatic carboxylic acids is 1. The lowest BCUT2D eigenvalue weighted by Gasteiger charge is -2.33. The Bertz CT molecular complexity index is 696. The van der Waals surface area contributed by atoms with Gasteiger partial charge in [0.05, 0.1) is 0 Å². The average Bonchev–Trinajstić information content (AvgIpc) is 2.80. The van der Waals surface area contributed by atoms with Gasteiger partial charge in [-0.15, -0.1) is 11.3 Å². The summed E-state index contributed by atoms with van der Waals surface area (Å²) in [6.45, 7) is 6.39.